The topological polar surface area (TPSA) is 21.7 Å². The molecule has 4 heteroatoms. The maximum atomic E-state index is 6.80. The quantitative estimate of drug-likeness (QED) is 0.0447. The van der Waals surface area contributed by atoms with Crippen molar-refractivity contribution in [2.24, 2.45) is 0 Å². The smallest absolute Gasteiger partial charge is 0.0934 e. The van der Waals surface area contributed by atoms with E-state index >= 15 is 0 Å². The number of nitrogens with zero attached hydrogens (tertiary/aromatic N) is 1. The third-order valence-electron chi connectivity index (χ3n) is 16.5. The molecule has 0 saturated heterocycles. The van der Waals surface area contributed by atoms with Crippen LogP contribution in [0.25, 0.3) is 0 Å². The Balaban J connectivity index is 0. The lowest BCUT2D eigenvalue weighted by Crippen LogP contribution is -2.38. The van der Waals surface area contributed by atoms with Crippen molar-refractivity contribution >= 4 is 17.0 Å². The summed E-state index contributed by atoms with van der Waals surface area (Å²) < 4.78 is 13.3. The van der Waals surface area contributed by atoms with E-state index < -0.39 is 0 Å². The number of hydrogen-bond donors (Lipinski definition) is 0. The highest BCUT2D eigenvalue weighted by atomic mass is 79.9. The van der Waals surface area contributed by atoms with Crippen molar-refractivity contribution in [2.45, 2.75) is 393 Å². The summed E-state index contributed by atoms with van der Waals surface area (Å²) in [6, 6.07) is 0. The average Bonchev–Trinajstić information content (AvgIpc) is 3.45. The van der Waals surface area contributed by atoms with Crippen molar-refractivity contribution in [3.63, 3.8) is 0 Å². The Kier molecular flexibility index (Phi) is 76.7. The minimum Gasteiger partial charge on any atom is -0.379 e. The van der Waals surface area contributed by atoms with E-state index in [1.54, 1.807) is 0 Å². The van der Waals surface area contributed by atoms with Gasteiger partial charge in [-0.05, 0) is 142 Å². The molecular formula is C75H146BrNO2. The number of allylic oxidation sites excluding steroid dienone is 8. The highest BCUT2D eigenvalue weighted by Crippen LogP contribution is 2.17. The van der Waals surface area contributed by atoms with Gasteiger partial charge in [-0.2, -0.15) is 0 Å². The van der Waals surface area contributed by atoms with Crippen LogP contribution >= 0.6 is 17.0 Å². The third kappa shape index (κ3) is 71.5. The Morgan fingerprint density at radius 2 is 0.468 bits per heavy atom. The predicted molar refractivity (Wildman–Crippen MR) is 365 cm³/mol. The van der Waals surface area contributed by atoms with Crippen LogP contribution in [0.5, 0.6) is 0 Å². The Morgan fingerprint density at radius 3 is 0.734 bits per heavy atom. The SMILES string of the molecule is Br.CCCCCCCC/C=C\CCCCCCCCOCC(CN(CCCCCCCC/C=C\CCCCCCCC)CCCCCCCC/C=C\CCCCCCCC)OCCCCCCCC/C=C\CCCCCCCC. The van der Waals surface area contributed by atoms with Crippen LogP contribution in [0.1, 0.15) is 387 Å². The van der Waals surface area contributed by atoms with Crippen molar-refractivity contribution in [3.8, 4) is 0 Å². The summed E-state index contributed by atoms with van der Waals surface area (Å²) in [5.41, 5.74) is 0. The van der Waals surface area contributed by atoms with Gasteiger partial charge >= 0.3 is 0 Å². The number of rotatable bonds is 69. The van der Waals surface area contributed by atoms with Crippen LogP contribution in [-0.4, -0.2) is 50.5 Å². The van der Waals surface area contributed by atoms with Gasteiger partial charge in [0.15, 0.2) is 0 Å². The van der Waals surface area contributed by atoms with Crippen LogP contribution < -0.4 is 0 Å². The summed E-state index contributed by atoms with van der Waals surface area (Å²) in [6.07, 6.45) is 96.0. The van der Waals surface area contributed by atoms with Gasteiger partial charge in [-0.1, -0.05) is 307 Å². The van der Waals surface area contributed by atoms with Gasteiger partial charge in [0, 0.05) is 19.8 Å². The molecule has 79 heavy (non-hydrogen) atoms. The zero-order valence-electron chi connectivity index (χ0n) is 54.7. The van der Waals surface area contributed by atoms with E-state index in [1.165, 1.54) is 373 Å². The molecule has 1 unspecified atom stereocenters. The van der Waals surface area contributed by atoms with Crippen LogP contribution in [0.3, 0.4) is 0 Å². The van der Waals surface area contributed by atoms with Crippen LogP contribution in [0.4, 0.5) is 0 Å². The molecule has 0 aromatic carbocycles. The molecule has 0 aliphatic rings. The Hall–Kier alpha value is -0.680. The molecule has 0 aromatic rings. The number of hydrogen-bond acceptors (Lipinski definition) is 3. The predicted octanol–water partition coefficient (Wildman–Crippen LogP) is 26.4. The maximum Gasteiger partial charge on any atom is 0.0934 e. The average molecular weight is 1170 g/mol. The fourth-order valence-electron chi connectivity index (χ4n) is 11.2. The van der Waals surface area contributed by atoms with E-state index in [-0.39, 0.29) is 23.1 Å². The fraction of sp³-hybridized carbons (Fsp3) is 0.893. The number of halogens is 1. The van der Waals surface area contributed by atoms with Crippen LogP contribution in [0.15, 0.2) is 48.6 Å². The van der Waals surface area contributed by atoms with Gasteiger partial charge in [0.1, 0.15) is 0 Å². The third-order valence-corrected chi connectivity index (χ3v) is 16.5. The Morgan fingerprint density at radius 1 is 0.253 bits per heavy atom. The van der Waals surface area contributed by atoms with E-state index in [9.17, 15) is 0 Å². The summed E-state index contributed by atoms with van der Waals surface area (Å²) in [6.45, 7) is 15.2. The summed E-state index contributed by atoms with van der Waals surface area (Å²) >= 11 is 0. The van der Waals surface area contributed by atoms with Crippen LogP contribution in [0.2, 0.25) is 0 Å². The summed E-state index contributed by atoms with van der Waals surface area (Å²) in [4.78, 5) is 2.79. The van der Waals surface area contributed by atoms with Crippen molar-refractivity contribution in [3.05, 3.63) is 48.6 Å². The minimum atomic E-state index is 0. The second-order valence-electron chi connectivity index (χ2n) is 24.6. The molecule has 0 bridgehead atoms. The van der Waals surface area contributed by atoms with E-state index in [0.717, 1.165) is 26.4 Å². The zero-order valence-corrected chi connectivity index (χ0v) is 56.4. The van der Waals surface area contributed by atoms with Crippen molar-refractivity contribution < 1.29 is 9.47 Å². The molecule has 0 spiro atoms. The highest BCUT2D eigenvalue weighted by Gasteiger charge is 2.16. The first-order chi connectivity index (χ1) is 38.8. The molecule has 0 fully saturated rings. The second-order valence-corrected chi connectivity index (χ2v) is 24.6. The zero-order chi connectivity index (χ0) is 56.1. The van der Waals surface area contributed by atoms with Gasteiger partial charge in [0.25, 0.3) is 0 Å². The number of unbranched alkanes of at least 4 members (excludes halogenated alkanes) is 48. The molecule has 0 aromatic heterocycles. The van der Waals surface area contributed by atoms with Crippen LogP contribution in [0, 0.1) is 0 Å². The van der Waals surface area contributed by atoms with Crippen LogP contribution in [-0.2, 0) is 9.47 Å². The molecule has 0 aliphatic heterocycles. The largest absolute Gasteiger partial charge is 0.379 e. The normalized spacial score (nSPS) is 12.5. The molecule has 470 valence electrons. The fourth-order valence-corrected chi connectivity index (χ4v) is 11.2. The summed E-state index contributed by atoms with van der Waals surface area (Å²) in [7, 11) is 0. The molecule has 0 amide bonds. The van der Waals surface area contributed by atoms with E-state index in [2.05, 4.69) is 81.2 Å². The lowest BCUT2D eigenvalue weighted by Gasteiger charge is -2.28. The van der Waals surface area contributed by atoms with Gasteiger partial charge in [0.05, 0.1) is 12.7 Å². The van der Waals surface area contributed by atoms with E-state index in [0.29, 0.717) is 0 Å². The molecule has 3 nitrogen and oxygen atoms in total. The summed E-state index contributed by atoms with van der Waals surface area (Å²) in [5.74, 6) is 0. The standard InChI is InChI=1S/C75H145NO2.BrH/c1-5-9-13-17-21-25-29-33-37-41-45-49-53-57-61-65-69-76(70-66-62-58-54-50-46-42-38-34-30-26-22-18-14-10-6-2)73-75(78-72-68-64-60-56-52-48-44-40-36-32-28-24-20-16-12-8-4)74-77-71-67-63-59-55-51-47-43-39-35-31-27-23-19-15-11-7-3;/h33-40,75H,5-32,41-74H2,1-4H3;1H/b37-33-,38-34-,39-35-,40-36-;. The molecule has 0 rings (SSSR count). The number of ether oxygens (including phenoxy) is 2. The second kappa shape index (κ2) is 75.3. The maximum absolute atomic E-state index is 6.80. The molecule has 1 atom stereocenters. The molecule has 0 saturated carbocycles. The molecule has 0 heterocycles. The Labute approximate surface area is 509 Å². The monoisotopic (exact) mass is 1170 g/mol. The Bertz CT molecular complexity index is 1140. The van der Waals surface area contributed by atoms with Gasteiger partial charge in [-0.3, -0.25) is 0 Å². The highest BCUT2D eigenvalue weighted by molar-refractivity contribution is 8.93. The molecule has 0 N–H and O–H groups in total. The molecule has 0 radical (unpaired) electrons. The van der Waals surface area contributed by atoms with Crippen molar-refractivity contribution in [2.75, 3.05) is 39.5 Å². The first-order valence-electron chi connectivity index (χ1n) is 36.3. The first-order valence-corrected chi connectivity index (χ1v) is 36.3. The van der Waals surface area contributed by atoms with Gasteiger partial charge in [-0.25, -0.2) is 0 Å². The van der Waals surface area contributed by atoms with Gasteiger partial charge < -0.3 is 14.4 Å². The lowest BCUT2D eigenvalue weighted by atomic mass is 10.1. The van der Waals surface area contributed by atoms with Crippen molar-refractivity contribution in [1.29, 1.82) is 0 Å². The van der Waals surface area contributed by atoms with Gasteiger partial charge in [-0.15, -0.1) is 17.0 Å². The van der Waals surface area contributed by atoms with E-state index in [1.807, 2.05) is 0 Å². The van der Waals surface area contributed by atoms with Gasteiger partial charge in [0.2, 0.25) is 0 Å². The lowest BCUT2D eigenvalue weighted by molar-refractivity contribution is -0.0347. The molecular weight excluding hydrogens is 1030 g/mol. The first kappa shape index (κ1) is 80.4. The molecule has 0 aliphatic carbocycles. The van der Waals surface area contributed by atoms with E-state index in [4.69, 9.17) is 9.47 Å². The minimum absolute atomic E-state index is 0. The summed E-state index contributed by atoms with van der Waals surface area (Å²) in [5, 5.41) is 0. The van der Waals surface area contributed by atoms with Crippen molar-refractivity contribution in [1.82, 2.24) is 4.90 Å².